The van der Waals surface area contributed by atoms with Gasteiger partial charge >= 0.3 is 0 Å². The molecule has 3 aromatic rings. The first-order chi connectivity index (χ1) is 15.0. The molecule has 2 bridgehead atoms. The summed E-state index contributed by atoms with van der Waals surface area (Å²) in [5.74, 6) is 0.648. The Morgan fingerprint density at radius 2 is 2.00 bits per heavy atom. The second-order valence-corrected chi connectivity index (χ2v) is 8.19. The van der Waals surface area contributed by atoms with Crippen LogP contribution in [0.2, 0.25) is 0 Å². The predicted octanol–water partition coefficient (Wildman–Crippen LogP) is 2.91. The van der Waals surface area contributed by atoms with Gasteiger partial charge in [0.1, 0.15) is 18.5 Å². The minimum absolute atomic E-state index is 0.0732. The van der Waals surface area contributed by atoms with Crippen molar-refractivity contribution in [3.63, 3.8) is 0 Å². The summed E-state index contributed by atoms with van der Waals surface area (Å²) in [6.07, 6.45) is 6.19. The minimum Gasteiger partial charge on any atom is -0.472 e. The van der Waals surface area contributed by atoms with Crippen LogP contribution >= 0.6 is 0 Å². The molecule has 0 N–H and O–H groups in total. The summed E-state index contributed by atoms with van der Waals surface area (Å²) in [6.45, 7) is 3.38. The molecule has 5 rings (SSSR count). The van der Waals surface area contributed by atoms with Gasteiger partial charge in [0, 0.05) is 29.6 Å². The van der Waals surface area contributed by atoms with E-state index in [0.717, 1.165) is 18.5 Å². The number of aromatic nitrogens is 5. The van der Waals surface area contributed by atoms with Crippen molar-refractivity contribution in [2.24, 2.45) is 5.92 Å². The molecule has 1 aliphatic carbocycles. The number of fused-ring (bicyclic) bond motifs is 2. The highest BCUT2D eigenvalue weighted by Crippen LogP contribution is 2.44. The van der Waals surface area contributed by atoms with Crippen LogP contribution in [0.4, 0.5) is 4.39 Å². The van der Waals surface area contributed by atoms with E-state index >= 15 is 0 Å². The normalized spacial score (nSPS) is 24.5. The number of hydrogen-bond acceptors (Lipinski definition) is 6. The summed E-state index contributed by atoms with van der Waals surface area (Å²) in [5.41, 5.74) is 2.15. The van der Waals surface area contributed by atoms with E-state index in [1.807, 2.05) is 24.0 Å². The molecule has 4 unspecified atom stereocenters. The molecule has 3 aromatic heterocycles. The lowest BCUT2D eigenvalue weighted by Crippen LogP contribution is -2.51. The topological polar surface area (TPSA) is 86.0 Å². The summed E-state index contributed by atoms with van der Waals surface area (Å²) in [6, 6.07) is 7.02. The lowest BCUT2D eigenvalue weighted by Gasteiger charge is -2.37. The van der Waals surface area contributed by atoms with Crippen LogP contribution in [0.3, 0.4) is 0 Å². The van der Waals surface area contributed by atoms with Crippen LogP contribution in [0.1, 0.15) is 41.5 Å². The van der Waals surface area contributed by atoms with Gasteiger partial charge in [-0.2, -0.15) is 10.2 Å². The molecule has 0 aromatic carbocycles. The van der Waals surface area contributed by atoms with Crippen LogP contribution in [0.15, 0.2) is 42.9 Å². The maximum absolute atomic E-state index is 13.7. The molecule has 2 aliphatic rings. The zero-order valence-corrected chi connectivity index (χ0v) is 17.3. The lowest BCUT2D eigenvalue weighted by atomic mass is 9.98. The first kappa shape index (κ1) is 19.6. The van der Waals surface area contributed by atoms with Crippen molar-refractivity contribution in [1.82, 2.24) is 29.9 Å². The Balaban J connectivity index is 1.42. The first-order valence-electron chi connectivity index (χ1n) is 10.4. The number of piperidine rings is 1. The van der Waals surface area contributed by atoms with Gasteiger partial charge in [-0.25, -0.2) is 14.4 Å². The number of rotatable bonds is 5. The molecule has 31 heavy (non-hydrogen) atoms. The molecule has 4 atom stereocenters. The molecular formula is C22H23FN6O2. The van der Waals surface area contributed by atoms with Crippen LogP contribution in [0, 0.1) is 12.8 Å². The average Bonchev–Trinajstić information content (AvgIpc) is 3.51. The van der Waals surface area contributed by atoms with Gasteiger partial charge in [-0.15, -0.1) is 4.80 Å². The van der Waals surface area contributed by atoms with Crippen molar-refractivity contribution in [2.45, 2.75) is 51.6 Å². The molecule has 1 amide bonds. The highest BCUT2D eigenvalue weighted by Gasteiger charge is 2.53. The van der Waals surface area contributed by atoms with Crippen LogP contribution in [-0.4, -0.2) is 54.0 Å². The van der Waals surface area contributed by atoms with Gasteiger partial charge in [0.15, 0.2) is 5.69 Å². The SMILES string of the molecule is Cc1ccc(-n2nccn2)c(C(=O)N2C(C)C3CC(Oc4ccc(CF)cn4)C2C3)n1. The molecule has 160 valence electrons. The minimum atomic E-state index is -0.557. The second kappa shape index (κ2) is 7.72. The number of alkyl halides is 1. The zero-order chi connectivity index (χ0) is 21.5. The molecule has 1 aliphatic heterocycles. The molecule has 9 heteroatoms. The number of nitrogens with zero attached hydrogens (tertiary/aromatic N) is 6. The summed E-state index contributed by atoms with van der Waals surface area (Å²) < 4.78 is 18.9. The molecule has 0 radical (unpaired) electrons. The number of aryl methyl sites for hydroxylation is 1. The van der Waals surface area contributed by atoms with Crippen molar-refractivity contribution in [2.75, 3.05) is 0 Å². The predicted molar refractivity (Wildman–Crippen MR) is 109 cm³/mol. The average molecular weight is 422 g/mol. The number of pyridine rings is 2. The van der Waals surface area contributed by atoms with E-state index in [1.54, 1.807) is 24.5 Å². The van der Waals surface area contributed by atoms with E-state index in [1.165, 1.54) is 11.0 Å². The Hall–Kier alpha value is -3.36. The summed E-state index contributed by atoms with van der Waals surface area (Å²) in [4.78, 5) is 25.7. The van der Waals surface area contributed by atoms with Crippen LogP contribution < -0.4 is 4.74 Å². The van der Waals surface area contributed by atoms with Gasteiger partial charge in [0.2, 0.25) is 5.88 Å². The summed E-state index contributed by atoms with van der Waals surface area (Å²) >= 11 is 0. The molecule has 8 nitrogen and oxygen atoms in total. The second-order valence-electron chi connectivity index (χ2n) is 8.19. The van der Waals surface area contributed by atoms with Gasteiger partial charge in [0.05, 0.1) is 18.4 Å². The Kier molecular flexibility index (Phi) is 4.88. The summed E-state index contributed by atoms with van der Waals surface area (Å²) in [7, 11) is 0. The van der Waals surface area contributed by atoms with Gasteiger partial charge in [-0.1, -0.05) is 0 Å². The van der Waals surface area contributed by atoms with E-state index in [-0.39, 0.29) is 24.1 Å². The highest BCUT2D eigenvalue weighted by molar-refractivity contribution is 5.96. The quantitative estimate of drug-likeness (QED) is 0.629. The fourth-order valence-electron chi connectivity index (χ4n) is 4.74. The van der Waals surface area contributed by atoms with Gasteiger partial charge < -0.3 is 9.64 Å². The molecule has 1 saturated carbocycles. The Labute approximate surface area is 179 Å². The van der Waals surface area contributed by atoms with Crippen LogP contribution in [0.5, 0.6) is 5.88 Å². The third-order valence-corrected chi connectivity index (χ3v) is 6.30. The molecule has 4 heterocycles. The van der Waals surface area contributed by atoms with Gasteiger partial charge in [-0.05, 0) is 50.8 Å². The maximum atomic E-state index is 13.7. The number of hydrogen-bond donors (Lipinski definition) is 0. The lowest BCUT2D eigenvalue weighted by molar-refractivity contribution is 0.0309. The molecular weight excluding hydrogens is 399 g/mol. The number of likely N-dealkylation sites (tertiary alicyclic amines) is 1. The van der Waals surface area contributed by atoms with E-state index < -0.39 is 6.67 Å². The maximum Gasteiger partial charge on any atom is 0.275 e. The standard InChI is InChI=1S/C22H23FN6O2/c1-13-3-5-17(29-25-7-8-26-29)21(27-13)22(30)28-14(2)16-9-18(28)19(10-16)31-20-6-4-15(11-23)12-24-20/h3-8,12,14,16,18-19H,9-11H2,1-2H3. The molecule has 1 saturated heterocycles. The fraction of sp³-hybridized carbons (Fsp3) is 0.409. The van der Waals surface area contributed by atoms with E-state index in [4.69, 9.17) is 4.74 Å². The number of carbonyl (C=O) groups is 1. The van der Waals surface area contributed by atoms with E-state index in [0.29, 0.717) is 28.7 Å². The highest BCUT2D eigenvalue weighted by atomic mass is 19.1. The Morgan fingerprint density at radius 3 is 2.68 bits per heavy atom. The van der Waals surface area contributed by atoms with Gasteiger partial charge in [0.25, 0.3) is 5.91 Å². The number of ether oxygens (including phenoxy) is 1. The zero-order valence-electron chi connectivity index (χ0n) is 17.3. The third-order valence-electron chi connectivity index (χ3n) is 6.30. The molecule has 2 fully saturated rings. The van der Waals surface area contributed by atoms with Crippen molar-refractivity contribution in [3.05, 3.63) is 59.8 Å². The van der Waals surface area contributed by atoms with Gasteiger partial charge in [-0.3, -0.25) is 4.79 Å². The van der Waals surface area contributed by atoms with Crippen molar-refractivity contribution < 1.29 is 13.9 Å². The molecule has 0 spiro atoms. The third kappa shape index (κ3) is 3.43. The number of carbonyl (C=O) groups excluding carboxylic acids is 1. The summed E-state index contributed by atoms with van der Waals surface area (Å²) in [5, 5.41) is 8.35. The smallest absolute Gasteiger partial charge is 0.275 e. The Bertz CT molecular complexity index is 1090. The van der Waals surface area contributed by atoms with Crippen molar-refractivity contribution in [1.29, 1.82) is 0 Å². The monoisotopic (exact) mass is 422 g/mol. The largest absolute Gasteiger partial charge is 0.472 e. The van der Waals surface area contributed by atoms with E-state index in [9.17, 15) is 9.18 Å². The van der Waals surface area contributed by atoms with Crippen LogP contribution in [0.25, 0.3) is 5.69 Å². The fourth-order valence-corrected chi connectivity index (χ4v) is 4.74. The number of amides is 1. The number of halogens is 1. The van der Waals surface area contributed by atoms with Crippen molar-refractivity contribution in [3.8, 4) is 11.6 Å². The van der Waals surface area contributed by atoms with E-state index in [2.05, 4.69) is 27.1 Å². The Morgan fingerprint density at radius 1 is 1.19 bits per heavy atom. The van der Waals surface area contributed by atoms with Crippen LogP contribution in [-0.2, 0) is 6.67 Å². The first-order valence-corrected chi connectivity index (χ1v) is 10.4. The van der Waals surface area contributed by atoms with Crippen molar-refractivity contribution >= 4 is 5.91 Å².